The Hall–Kier alpha value is -1.81. The summed E-state index contributed by atoms with van der Waals surface area (Å²) in [5.41, 5.74) is 5.84. The number of hydrogen-bond donors (Lipinski definition) is 1. The van der Waals surface area contributed by atoms with Crippen molar-refractivity contribution in [2.24, 2.45) is 0 Å². The molecular weight excluding hydrogens is 329 g/mol. The molecule has 5 heteroatoms. The Morgan fingerprint density at radius 2 is 1.91 bits per heavy atom. The molecule has 0 radical (unpaired) electrons. The maximum atomic E-state index is 6.50. The van der Waals surface area contributed by atoms with Crippen molar-refractivity contribution in [3.63, 3.8) is 0 Å². The molecule has 0 saturated carbocycles. The van der Waals surface area contributed by atoms with Crippen LogP contribution in [0.1, 0.15) is 16.7 Å². The van der Waals surface area contributed by atoms with Gasteiger partial charge in [-0.05, 0) is 41.0 Å². The molecule has 0 unspecified atom stereocenters. The molecule has 0 fully saturated rings. The summed E-state index contributed by atoms with van der Waals surface area (Å²) in [6, 6.07) is 12.2. The first-order valence-corrected chi connectivity index (χ1v) is 8.21. The highest BCUT2D eigenvalue weighted by Gasteiger charge is 2.22. The minimum absolute atomic E-state index is 0.769. The van der Waals surface area contributed by atoms with Crippen molar-refractivity contribution in [3.8, 4) is 11.3 Å². The lowest BCUT2D eigenvalue weighted by molar-refractivity contribution is 0.275. The summed E-state index contributed by atoms with van der Waals surface area (Å²) in [5, 5.41) is 1.59. The number of rotatable bonds is 3. The maximum Gasteiger partial charge on any atom is 0.0924 e. The number of benzene rings is 2. The monoisotopic (exact) mass is 343 g/mol. The largest absolute Gasteiger partial charge is 0.345 e. The fourth-order valence-electron chi connectivity index (χ4n) is 3.06. The molecule has 0 aliphatic carbocycles. The molecule has 0 amide bonds. The summed E-state index contributed by atoms with van der Waals surface area (Å²) in [7, 11) is 0. The fraction of sp³-hybridized carbons (Fsp3) is 0.167. The van der Waals surface area contributed by atoms with Crippen molar-refractivity contribution in [2.75, 3.05) is 0 Å². The van der Waals surface area contributed by atoms with Gasteiger partial charge in [0.25, 0.3) is 0 Å². The number of H-pyrrole nitrogens is 1. The van der Waals surface area contributed by atoms with Crippen LogP contribution in [0.2, 0.25) is 10.0 Å². The number of halogens is 2. The topological polar surface area (TPSA) is 31.9 Å². The predicted molar refractivity (Wildman–Crippen MR) is 93.4 cm³/mol. The van der Waals surface area contributed by atoms with Crippen molar-refractivity contribution in [1.82, 2.24) is 14.9 Å². The average molecular weight is 344 g/mol. The van der Waals surface area contributed by atoms with Crippen molar-refractivity contribution in [3.05, 3.63) is 75.7 Å². The molecule has 116 valence electrons. The van der Waals surface area contributed by atoms with Crippen LogP contribution >= 0.6 is 23.2 Å². The molecule has 23 heavy (non-hydrogen) atoms. The van der Waals surface area contributed by atoms with Gasteiger partial charge < -0.3 is 4.98 Å². The minimum Gasteiger partial charge on any atom is -0.345 e. The number of aromatic nitrogens is 2. The van der Waals surface area contributed by atoms with E-state index in [0.717, 1.165) is 40.9 Å². The van der Waals surface area contributed by atoms with Crippen molar-refractivity contribution in [2.45, 2.75) is 19.6 Å². The number of nitrogens with zero attached hydrogens (tertiary/aromatic N) is 2. The van der Waals surface area contributed by atoms with Crippen LogP contribution in [0.25, 0.3) is 11.3 Å². The zero-order valence-electron chi connectivity index (χ0n) is 12.4. The maximum absolute atomic E-state index is 6.50. The molecule has 0 spiro atoms. The van der Waals surface area contributed by atoms with E-state index < -0.39 is 0 Å². The van der Waals surface area contributed by atoms with Gasteiger partial charge in [-0.15, -0.1) is 0 Å². The summed E-state index contributed by atoms with van der Waals surface area (Å²) in [5.74, 6) is 0. The quantitative estimate of drug-likeness (QED) is 0.733. The van der Waals surface area contributed by atoms with Gasteiger partial charge in [-0.3, -0.25) is 4.90 Å². The molecule has 1 aromatic heterocycles. The number of aromatic amines is 1. The molecule has 2 aromatic carbocycles. The molecule has 4 rings (SSSR count). The van der Waals surface area contributed by atoms with Gasteiger partial charge in [0, 0.05) is 35.2 Å². The zero-order chi connectivity index (χ0) is 15.8. The molecule has 0 saturated heterocycles. The third-order valence-corrected chi connectivity index (χ3v) is 4.78. The fourth-order valence-corrected chi connectivity index (χ4v) is 3.49. The number of imidazole rings is 1. The van der Waals surface area contributed by atoms with E-state index >= 15 is 0 Å². The third-order valence-electron chi connectivity index (χ3n) is 4.19. The second-order valence-electron chi connectivity index (χ2n) is 5.83. The Bertz CT molecular complexity index is 826. The van der Waals surface area contributed by atoms with Crippen LogP contribution in [0.4, 0.5) is 0 Å². The van der Waals surface area contributed by atoms with Gasteiger partial charge in [-0.1, -0.05) is 35.3 Å². The second-order valence-corrected chi connectivity index (χ2v) is 6.68. The van der Waals surface area contributed by atoms with E-state index in [2.05, 4.69) is 33.1 Å². The van der Waals surface area contributed by atoms with Crippen LogP contribution < -0.4 is 0 Å². The highest BCUT2D eigenvalue weighted by Crippen LogP contribution is 2.34. The summed E-state index contributed by atoms with van der Waals surface area (Å²) in [6.45, 7) is 2.67. The normalized spacial score (nSPS) is 14.2. The van der Waals surface area contributed by atoms with E-state index in [1.807, 2.05) is 24.4 Å². The van der Waals surface area contributed by atoms with Gasteiger partial charge in [0.2, 0.25) is 0 Å². The number of nitrogens with one attached hydrogen (secondary N) is 1. The van der Waals surface area contributed by atoms with Gasteiger partial charge in [0.05, 0.1) is 18.2 Å². The van der Waals surface area contributed by atoms with Crippen molar-refractivity contribution in [1.29, 1.82) is 0 Å². The Labute approximate surface area is 144 Å². The molecule has 1 aliphatic heterocycles. The summed E-state index contributed by atoms with van der Waals surface area (Å²) in [6.07, 6.45) is 3.50. The lowest BCUT2D eigenvalue weighted by atomic mass is 10.0. The van der Waals surface area contributed by atoms with Crippen molar-refractivity contribution < 1.29 is 0 Å². The van der Waals surface area contributed by atoms with E-state index in [-0.39, 0.29) is 0 Å². The standard InChI is InChI=1S/C18H15Cl2N3/c19-15-3-1-12(2-4-15)8-23-9-14-5-13(18-7-21-11-22-18)6-17(20)16(14)10-23/h1-7,11H,8-10H2,(H,21,22). The Balaban J connectivity index is 1.57. The zero-order valence-corrected chi connectivity index (χ0v) is 13.9. The lowest BCUT2D eigenvalue weighted by Crippen LogP contribution is -2.15. The van der Waals surface area contributed by atoms with Gasteiger partial charge in [-0.2, -0.15) is 0 Å². The molecule has 2 heterocycles. The van der Waals surface area contributed by atoms with Gasteiger partial charge in [-0.25, -0.2) is 4.98 Å². The molecule has 3 aromatic rings. The summed E-state index contributed by atoms with van der Waals surface area (Å²) >= 11 is 12.5. The van der Waals surface area contributed by atoms with Crippen LogP contribution in [0.3, 0.4) is 0 Å². The number of fused-ring (bicyclic) bond motifs is 1. The van der Waals surface area contributed by atoms with Crippen LogP contribution in [-0.2, 0) is 19.6 Å². The van der Waals surface area contributed by atoms with E-state index in [1.54, 1.807) is 6.33 Å². The molecule has 0 atom stereocenters. The second kappa shape index (κ2) is 6.00. The number of hydrogen-bond acceptors (Lipinski definition) is 2. The van der Waals surface area contributed by atoms with E-state index in [0.29, 0.717) is 0 Å². The third kappa shape index (κ3) is 3.00. The molecule has 0 bridgehead atoms. The highest BCUT2D eigenvalue weighted by atomic mass is 35.5. The van der Waals surface area contributed by atoms with Crippen LogP contribution in [0.5, 0.6) is 0 Å². The SMILES string of the molecule is Clc1ccc(CN2Cc3cc(-c4cnc[nH]4)cc(Cl)c3C2)cc1. The first kappa shape index (κ1) is 14.8. The average Bonchev–Trinajstić information content (AvgIpc) is 3.19. The Morgan fingerprint density at radius 1 is 1.09 bits per heavy atom. The van der Waals surface area contributed by atoms with E-state index in [9.17, 15) is 0 Å². The van der Waals surface area contributed by atoms with Gasteiger partial charge in [0.1, 0.15) is 0 Å². The van der Waals surface area contributed by atoms with E-state index in [4.69, 9.17) is 23.2 Å². The van der Waals surface area contributed by atoms with Crippen LogP contribution in [0.15, 0.2) is 48.9 Å². The lowest BCUT2D eigenvalue weighted by Gasteiger charge is -2.14. The molecule has 3 nitrogen and oxygen atoms in total. The molecular formula is C18H15Cl2N3. The minimum atomic E-state index is 0.769. The van der Waals surface area contributed by atoms with Gasteiger partial charge >= 0.3 is 0 Å². The molecule has 1 aliphatic rings. The molecule has 1 N–H and O–H groups in total. The smallest absolute Gasteiger partial charge is 0.0924 e. The Kier molecular flexibility index (Phi) is 3.85. The predicted octanol–water partition coefficient (Wildman–Crippen LogP) is 4.90. The first-order chi connectivity index (χ1) is 11.2. The van der Waals surface area contributed by atoms with Crippen LogP contribution in [-0.4, -0.2) is 14.9 Å². The van der Waals surface area contributed by atoms with Crippen LogP contribution in [0, 0.1) is 0 Å². The van der Waals surface area contributed by atoms with E-state index in [1.165, 1.54) is 16.7 Å². The van der Waals surface area contributed by atoms with Crippen molar-refractivity contribution >= 4 is 23.2 Å². The highest BCUT2D eigenvalue weighted by molar-refractivity contribution is 6.31. The summed E-state index contributed by atoms with van der Waals surface area (Å²) < 4.78 is 0. The summed E-state index contributed by atoms with van der Waals surface area (Å²) in [4.78, 5) is 9.60. The first-order valence-electron chi connectivity index (χ1n) is 7.46. The Morgan fingerprint density at radius 3 is 2.65 bits per heavy atom. The van der Waals surface area contributed by atoms with Gasteiger partial charge in [0.15, 0.2) is 0 Å².